The minimum Gasteiger partial charge on any atom is -0.420 e. The number of nitriles is 1. The van der Waals surface area contributed by atoms with Crippen LogP contribution in [0.1, 0.15) is 17.1 Å². The van der Waals surface area contributed by atoms with Crippen molar-refractivity contribution in [2.24, 2.45) is 0 Å². The molecular formula is C22H18ClFN4O3S. The van der Waals surface area contributed by atoms with Gasteiger partial charge in [0, 0.05) is 37.3 Å². The summed E-state index contributed by atoms with van der Waals surface area (Å²) >= 11 is 5.88. The maximum Gasteiger partial charge on any atom is 0.246 e. The molecular weight excluding hydrogens is 455 g/mol. The number of oxazole rings is 1. The smallest absolute Gasteiger partial charge is 0.246 e. The molecule has 3 aromatic rings. The topological polar surface area (TPSA) is 90.4 Å². The summed E-state index contributed by atoms with van der Waals surface area (Å²) in [4.78, 5) is 5.62. The van der Waals surface area contributed by atoms with Crippen molar-refractivity contribution in [1.29, 1.82) is 5.26 Å². The van der Waals surface area contributed by atoms with E-state index in [2.05, 4.69) is 4.98 Å². The Morgan fingerprint density at radius 3 is 2.41 bits per heavy atom. The first kappa shape index (κ1) is 22.0. The fraction of sp³-hybridized carbons (Fsp3) is 0.182. The lowest BCUT2D eigenvalue weighted by atomic mass is 10.2. The number of nitrogens with zero attached hydrogens (tertiary/aromatic N) is 4. The Bertz CT molecular complexity index is 1290. The van der Waals surface area contributed by atoms with Crippen molar-refractivity contribution in [3.8, 4) is 6.07 Å². The molecule has 32 heavy (non-hydrogen) atoms. The first-order valence-corrected chi connectivity index (χ1v) is 11.5. The zero-order valence-corrected chi connectivity index (χ0v) is 18.4. The van der Waals surface area contributed by atoms with Crippen LogP contribution in [0.15, 0.2) is 57.8 Å². The van der Waals surface area contributed by atoms with E-state index in [9.17, 15) is 18.1 Å². The Morgan fingerprint density at radius 1 is 1.06 bits per heavy atom. The third-order valence-electron chi connectivity index (χ3n) is 5.00. The standard InChI is InChI=1S/C22H18ClFN4O3S/c23-17-8-5-16(6-9-17)7-10-21-26-19(15-25)22(31-21)27-11-13-28(14-12-27)32(29,30)20-4-2-1-3-18(20)24/h1-10H,11-14H2. The van der Waals surface area contributed by atoms with E-state index >= 15 is 0 Å². The number of halogens is 2. The fourth-order valence-electron chi connectivity index (χ4n) is 3.35. The quantitative estimate of drug-likeness (QED) is 0.557. The minimum absolute atomic E-state index is 0.117. The summed E-state index contributed by atoms with van der Waals surface area (Å²) < 4.78 is 46.6. The van der Waals surface area contributed by atoms with Crippen LogP contribution < -0.4 is 4.90 Å². The second-order valence-corrected chi connectivity index (χ2v) is 9.37. The maximum atomic E-state index is 14.0. The molecule has 0 N–H and O–H groups in total. The molecule has 7 nitrogen and oxygen atoms in total. The summed E-state index contributed by atoms with van der Waals surface area (Å²) in [7, 11) is -3.95. The highest BCUT2D eigenvalue weighted by Gasteiger charge is 2.32. The zero-order chi connectivity index (χ0) is 22.7. The molecule has 0 aliphatic carbocycles. The van der Waals surface area contributed by atoms with Gasteiger partial charge in [-0.25, -0.2) is 12.8 Å². The van der Waals surface area contributed by atoms with Gasteiger partial charge in [0.1, 0.15) is 16.8 Å². The Morgan fingerprint density at radius 2 is 1.75 bits per heavy atom. The van der Waals surface area contributed by atoms with Gasteiger partial charge >= 0.3 is 0 Å². The lowest BCUT2D eigenvalue weighted by molar-refractivity contribution is 0.371. The molecule has 2 aromatic carbocycles. The van der Waals surface area contributed by atoms with E-state index in [4.69, 9.17) is 16.0 Å². The fourth-order valence-corrected chi connectivity index (χ4v) is 4.97. The van der Waals surface area contributed by atoms with Crippen molar-refractivity contribution in [2.75, 3.05) is 31.1 Å². The second kappa shape index (κ2) is 9.12. The zero-order valence-electron chi connectivity index (χ0n) is 16.8. The molecule has 2 heterocycles. The highest BCUT2D eigenvalue weighted by molar-refractivity contribution is 7.89. The lowest BCUT2D eigenvalue weighted by Gasteiger charge is -2.33. The molecule has 1 fully saturated rings. The largest absolute Gasteiger partial charge is 0.420 e. The molecule has 1 aliphatic rings. The number of piperazine rings is 1. The van der Waals surface area contributed by atoms with E-state index in [0.29, 0.717) is 5.02 Å². The van der Waals surface area contributed by atoms with Crippen molar-refractivity contribution in [2.45, 2.75) is 4.90 Å². The number of sulfonamides is 1. The molecule has 1 aliphatic heterocycles. The van der Waals surface area contributed by atoms with Crippen molar-refractivity contribution < 1.29 is 17.2 Å². The number of rotatable bonds is 5. The molecule has 0 unspecified atom stereocenters. The van der Waals surface area contributed by atoms with Gasteiger partial charge in [0.15, 0.2) is 0 Å². The van der Waals surface area contributed by atoms with E-state index in [1.165, 1.54) is 22.5 Å². The van der Waals surface area contributed by atoms with Crippen LogP contribution in [-0.4, -0.2) is 43.9 Å². The number of benzene rings is 2. The maximum absolute atomic E-state index is 14.0. The predicted octanol–water partition coefficient (Wildman–Crippen LogP) is 4.02. The van der Waals surface area contributed by atoms with Gasteiger partial charge in [-0.05, 0) is 35.9 Å². The average molecular weight is 473 g/mol. The molecule has 4 rings (SSSR count). The molecule has 0 spiro atoms. The number of anilines is 1. The molecule has 164 valence electrons. The van der Waals surface area contributed by atoms with Gasteiger partial charge < -0.3 is 9.32 Å². The Kier molecular flexibility index (Phi) is 6.28. The van der Waals surface area contributed by atoms with Gasteiger partial charge in [0.05, 0.1) is 0 Å². The molecule has 10 heteroatoms. The van der Waals surface area contributed by atoms with Gasteiger partial charge in [-0.2, -0.15) is 14.6 Å². The number of aromatic nitrogens is 1. The molecule has 0 radical (unpaired) electrons. The average Bonchev–Trinajstić information content (AvgIpc) is 3.22. The lowest BCUT2D eigenvalue weighted by Crippen LogP contribution is -2.48. The van der Waals surface area contributed by atoms with Crippen LogP contribution in [0.4, 0.5) is 10.3 Å². The Hall–Kier alpha value is -3.19. The molecule has 1 aromatic heterocycles. The SMILES string of the molecule is N#Cc1nc(C=Cc2ccc(Cl)cc2)oc1N1CCN(S(=O)(=O)c2ccccc2F)CC1. The van der Waals surface area contributed by atoms with Gasteiger partial charge in [-0.3, -0.25) is 0 Å². The van der Waals surface area contributed by atoms with E-state index in [1.807, 2.05) is 18.2 Å². The van der Waals surface area contributed by atoms with Crippen LogP contribution in [0.2, 0.25) is 5.02 Å². The van der Waals surface area contributed by atoms with Gasteiger partial charge in [0.2, 0.25) is 27.5 Å². The first-order valence-electron chi connectivity index (χ1n) is 9.72. The van der Waals surface area contributed by atoms with Crippen molar-refractivity contribution in [1.82, 2.24) is 9.29 Å². The van der Waals surface area contributed by atoms with E-state index in [0.717, 1.165) is 11.6 Å². The van der Waals surface area contributed by atoms with Crippen LogP contribution in [-0.2, 0) is 10.0 Å². The number of hydrogen-bond acceptors (Lipinski definition) is 6. The molecule has 0 amide bonds. The third-order valence-corrected chi connectivity index (χ3v) is 7.18. The van der Waals surface area contributed by atoms with Crippen LogP contribution in [0.5, 0.6) is 0 Å². The van der Waals surface area contributed by atoms with Crippen LogP contribution >= 0.6 is 11.6 Å². The van der Waals surface area contributed by atoms with Gasteiger partial charge in [0.25, 0.3) is 0 Å². The van der Waals surface area contributed by atoms with E-state index < -0.39 is 15.8 Å². The minimum atomic E-state index is -3.95. The van der Waals surface area contributed by atoms with Crippen molar-refractivity contribution in [3.05, 3.63) is 76.5 Å². The van der Waals surface area contributed by atoms with E-state index in [1.54, 1.807) is 29.2 Å². The molecule has 0 saturated carbocycles. The third kappa shape index (κ3) is 4.53. The van der Waals surface area contributed by atoms with Crippen molar-refractivity contribution in [3.63, 3.8) is 0 Å². The summed E-state index contributed by atoms with van der Waals surface area (Å²) in [5.41, 5.74) is 1.01. The summed E-state index contributed by atoms with van der Waals surface area (Å²) in [6, 6.07) is 14.5. The second-order valence-electron chi connectivity index (χ2n) is 7.02. The van der Waals surface area contributed by atoms with Crippen LogP contribution in [0.25, 0.3) is 12.2 Å². The summed E-state index contributed by atoms with van der Waals surface area (Å²) in [6.07, 6.45) is 3.43. The molecule has 0 bridgehead atoms. The summed E-state index contributed by atoms with van der Waals surface area (Å²) in [6.45, 7) is 0.798. The van der Waals surface area contributed by atoms with E-state index in [-0.39, 0.29) is 48.5 Å². The Balaban J connectivity index is 1.48. The monoisotopic (exact) mass is 472 g/mol. The highest BCUT2D eigenvalue weighted by atomic mass is 35.5. The van der Waals surface area contributed by atoms with Gasteiger partial charge in [-0.1, -0.05) is 35.9 Å². The highest BCUT2D eigenvalue weighted by Crippen LogP contribution is 2.26. The van der Waals surface area contributed by atoms with Gasteiger partial charge in [-0.15, -0.1) is 0 Å². The van der Waals surface area contributed by atoms with Crippen LogP contribution in [0, 0.1) is 17.1 Å². The molecule has 0 atom stereocenters. The summed E-state index contributed by atoms with van der Waals surface area (Å²) in [5.74, 6) is -0.242. The van der Waals surface area contributed by atoms with Crippen molar-refractivity contribution >= 4 is 39.7 Å². The predicted molar refractivity (Wildman–Crippen MR) is 119 cm³/mol. The number of hydrogen-bond donors (Lipinski definition) is 0. The molecule has 1 saturated heterocycles. The Labute approximate surface area is 190 Å². The first-order chi connectivity index (χ1) is 15.4. The normalized spacial score (nSPS) is 15.2. The summed E-state index contributed by atoms with van der Waals surface area (Å²) in [5, 5.41) is 10.1. The van der Waals surface area contributed by atoms with Crippen LogP contribution in [0.3, 0.4) is 0 Å².